The van der Waals surface area contributed by atoms with Gasteiger partial charge in [0.2, 0.25) is 0 Å². The van der Waals surface area contributed by atoms with Crippen molar-refractivity contribution in [2.75, 3.05) is 7.11 Å². The van der Waals surface area contributed by atoms with E-state index in [2.05, 4.69) is 15.0 Å². The number of nitrogens with zero attached hydrogens (tertiary/aromatic N) is 5. The molecule has 0 bridgehead atoms. The molecule has 3 aromatic heterocycles. The molecule has 0 aromatic carbocycles. The van der Waals surface area contributed by atoms with Crippen LogP contribution in [0.3, 0.4) is 0 Å². The second-order valence-corrected chi connectivity index (χ2v) is 10.2. The number of rotatable bonds is 8. The Balaban J connectivity index is 0.00000172. The van der Waals surface area contributed by atoms with Gasteiger partial charge in [-0.05, 0) is 44.7 Å². The van der Waals surface area contributed by atoms with E-state index in [1.807, 2.05) is 34.6 Å². The minimum Gasteiger partial charge on any atom is -0.377 e. The molecule has 12 heteroatoms. The van der Waals surface area contributed by atoms with Gasteiger partial charge >= 0.3 is 6.10 Å². The highest BCUT2D eigenvalue weighted by atomic mass is 19.3. The SMILES string of the molecule is CC.CCC(CC(OC)c1ccc(=O)n(C(O)(O)O)c1)c1nc(C2CC23CC3(F)F)c2nc(C)c(C)nc2n1. The zero-order valence-electron chi connectivity index (χ0n) is 22.9. The summed E-state index contributed by atoms with van der Waals surface area (Å²) in [5.74, 6) is -2.95. The molecule has 0 saturated heterocycles. The molecule has 39 heavy (non-hydrogen) atoms. The molecule has 2 saturated carbocycles. The van der Waals surface area contributed by atoms with E-state index in [-0.39, 0.29) is 12.3 Å². The maximum atomic E-state index is 14.2. The Kier molecular flexibility index (Phi) is 7.63. The molecule has 10 nitrogen and oxygen atoms in total. The van der Waals surface area contributed by atoms with Crippen LogP contribution in [0.4, 0.5) is 8.78 Å². The molecule has 2 fully saturated rings. The minimum atomic E-state index is -3.37. The molecule has 3 heterocycles. The summed E-state index contributed by atoms with van der Waals surface area (Å²) in [7, 11) is 1.46. The van der Waals surface area contributed by atoms with E-state index >= 15 is 0 Å². The van der Waals surface area contributed by atoms with Crippen molar-refractivity contribution >= 4 is 11.2 Å². The first-order valence-corrected chi connectivity index (χ1v) is 13.1. The van der Waals surface area contributed by atoms with E-state index in [0.29, 0.717) is 63.5 Å². The van der Waals surface area contributed by atoms with Gasteiger partial charge in [-0.15, -0.1) is 0 Å². The van der Waals surface area contributed by atoms with Crippen molar-refractivity contribution in [1.82, 2.24) is 24.5 Å². The van der Waals surface area contributed by atoms with Crippen LogP contribution in [0.1, 0.15) is 92.9 Å². The molecule has 4 unspecified atom stereocenters. The van der Waals surface area contributed by atoms with Crippen LogP contribution in [0.2, 0.25) is 0 Å². The van der Waals surface area contributed by atoms with Crippen molar-refractivity contribution in [3.8, 4) is 0 Å². The number of fused-ring (bicyclic) bond motifs is 1. The Labute approximate surface area is 224 Å². The van der Waals surface area contributed by atoms with Crippen LogP contribution in [0.25, 0.3) is 11.2 Å². The van der Waals surface area contributed by atoms with Crippen LogP contribution in [-0.4, -0.2) is 52.9 Å². The van der Waals surface area contributed by atoms with Gasteiger partial charge in [0.25, 0.3) is 11.5 Å². The maximum Gasteiger partial charge on any atom is 0.376 e. The Morgan fingerprint density at radius 2 is 1.77 bits per heavy atom. The lowest BCUT2D eigenvalue weighted by Gasteiger charge is -2.24. The van der Waals surface area contributed by atoms with Gasteiger partial charge in [-0.25, -0.2) is 33.3 Å². The third kappa shape index (κ3) is 5.18. The molecule has 3 aromatic rings. The van der Waals surface area contributed by atoms with Gasteiger partial charge in [0.05, 0.1) is 23.2 Å². The van der Waals surface area contributed by atoms with Crippen molar-refractivity contribution in [2.45, 2.75) is 90.3 Å². The fourth-order valence-corrected chi connectivity index (χ4v) is 5.20. The number of halogens is 2. The standard InChI is InChI=1S/C25H29F2N5O5.C2H6/c1-5-14(8-17(37-4)15-6-7-18(33)32(10-15)25(34,35)36)21-30-19(16-9-23(16)11-24(23,26)27)20-22(31-21)29-13(3)12(2)28-20;1-2/h6-7,10,14,16-17,34-36H,5,8-9,11H2,1-4H3;1-2H3. The summed E-state index contributed by atoms with van der Waals surface area (Å²) < 4.78 is 34.3. The second-order valence-electron chi connectivity index (χ2n) is 10.2. The first kappa shape index (κ1) is 29.1. The third-order valence-corrected chi connectivity index (χ3v) is 7.80. The van der Waals surface area contributed by atoms with Crippen molar-refractivity contribution in [2.24, 2.45) is 5.41 Å². The van der Waals surface area contributed by atoms with Crippen LogP contribution in [-0.2, 0) is 10.8 Å². The summed E-state index contributed by atoms with van der Waals surface area (Å²) >= 11 is 0. The van der Waals surface area contributed by atoms with E-state index in [1.165, 1.54) is 13.2 Å². The minimum absolute atomic E-state index is 0.148. The average molecular weight is 548 g/mol. The number of methoxy groups -OCH3 is 1. The quantitative estimate of drug-likeness (QED) is 0.361. The van der Waals surface area contributed by atoms with E-state index in [1.54, 1.807) is 0 Å². The Hall–Kier alpha value is -2.93. The lowest BCUT2D eigenvalue weighted by atomic mass is 9.94. The summed E-state index contributed by atoms with van der Waals surface area (Å²) in [6.07, 6.45) is -1.78. The highest BCUT2D eigenvalue weighted by Crippen LogP contribution is 2.82. The molecule has 0 radical (unpaired) electrons. The summed E-state index contributed by atoms with van der Waals surface area (Å²) in [5, 5.41) is 28.6. The number of aryl methyl sites for hydroxylation is 2. The maximum absolute atomic E-state index is 14.2. The van der Waals surface area contributed by atoms with Gasteiger partial charge in [-0.1, -0.05) is 20.8 Å². The molecule has 1 spiro atoms. The largest absolute Gasteiger partial charge is 0.377 e. The number of pyridine rings is 1. The van der Waals surface area contributed by atoms with Crippen LogP contribution in [0.15, 0.2) is 23.1 Å². The van der Waals surface area contributed by atoms with Crippen LogP contribution < -0.4 is 5.56 Å². The fraction of sp³-hybridized carbons (Fsp3) is 0.593. The Morgan fingerprint density at radius 1 is 1.13 bits per heavy atom. The normalized spacial score (nSPS) is 22.8. The molecule has 0 aliphatic heterocycles. The number of hydrogen-bond acceptors (Lipinski definition) is 9. The van der Waals surface area contributed by atoms with E-state index < -0.39 is 35.0 Å². The van der Waals surface area contributed by atoms with Crippen LogP contribution in [0.5, 0.6) is 0 Å². The zero-order chi connectivity index (χ0) is 28.9. The Bertz CT molecular complexity index is 1440. The molecule has 212 valence electrons. The van der Waals surface area contributed by atoms with E-state index in [4.69, 9.17) is 9.72 Å². The molecule has 3 N–H and O–H groups in total. The van der Waals surface area contributed by atoms with E-state index in [9.17, 15) is 28.9 Å². The highest BCUT2D eigenvalue weighted by Gasteiger charge is 2.84. The number of aromatic nitrogens is 5. The molecule has 2 aliphatic carbocycles. The molecule has 5 rings (SSSR count). The van der Waals surface area contributed by atoms with Crippen molar-refractivity contribution < 1.29 is 28.8 Å². The summed E-state index contributed by atoms with van der Waals surface area (Å²) in [6.45, 7) is 9.56. The van der Waals surface area contributed by atoms with Crippen LogP contribution >= 0.6 is 0 Å². The van der Waals surface area contributed by atoms with E-state index in [0.717, 1.165) is 12.3 Å². The van der Waals surface area contributed by atoms with Gasteiger partial charge in [0, 0.05) is 43.0 Å². The molecule has 0 amide bonds. The van der Waals surface area contributed by atoms with Gasteiger partial charge < -0.3 is 20.1 Å². The number of ether oxygens (including phenoxy) is 1. The average Bonchev–Trinajstić information content (AvgIpc) is 3.74. The fourth-order valence-electron chi connectivity index (χ4n) is 5.20. The third-order valence-electron chi connectivity index (χ3n) is 7.80. The second kappa shape index (κ2) is 10.2. The first-order chi connectivity index (χ1) is 18.3. The topological polar surface area (TPSA) is 143 Å². The van der Waals surface area contributed by atoms with Crippen molar-refractivity contribution in [3.05, 3.63) is 57.2 Å². The molecular formula is C27H35F2N5O5. The molecule has 4 atom stereocenters. The highest BCUT2D eigenvalue weighted by molar-refractivity contribution is 5.75. The van der Waals surface area contributed by atoms with Crippen molar-refractivity contribution in [1.29, 1.82) is 0 Å². The summed E-state index contributed by atoms with van der Waals surface area (Å²) in [6, 6.07) is 2.56. The molecule has 2 aliphatic rings. The number of alkyl halides is 2. The summed E-state index contributed by atoms with van der Waals surface area (Å²) in [4.78, 5) is 30.6. The Morgan fingerprint density at radius 3 is 2.31 bits per heavy atom. The van der Waals surface area contributed by atoms with Gasteiger partial charge in [0.15, 0.2) is 5.65 Å². The lowest BCUT2D eigenvalue weighted by molar-refractivity contribution is -0.377. The smallest absolute Gasteiger partial charge is 0.376 e. The predicted octanol–water partition coefficient (Wildman–Crippen LogP) is 3.55. The van der Waals surface area contributed by atoms with Crippen molar-refractivity contribution in [3.63, 3.8) is 0 Å². The predicted molar refractivity (Wildman–Crippen MR) is 138 cm³/mol. The first-order valence-electron chi connectivity index (χ1n) is 13.1. The van der Waals surface area contributed by atoms with Crippen LogP contribution in [0, 0.1) is 19.3 Å². The lowest BCUT2D eigenvalue weighted by Crippen LogP contribution is -2.40. The van der Waals surface area contributed by atoms with Gasteiger partial charge in [-0.2, -0.15) is 0 Å². The van der Waals surface area contributed by atoms with Gasteiger partial charge in [0.1, 0.15) is 11.3 Å². The molecular weight excluding hydrogens is 512 g/mol. The summed E-state index contributed by atoms with van der Waals surface area (Å²) in [5.41, 5.74) is 1.25. The number of aliphatic hydroxyl groups is 3. The zero-order valence-corrected chi connectivity index (χ0v) is 22.9. The number of hydrogen-bond donors (Lipinski definition) is 3. The van der Waals surface area contributed by atoms with Gasteiger partial charge in [-0.3, -0.25) is 4.79 Å². The monoisotopic (exact) mass is 547 g/mol.